The van der Waals surface area contributed by atoms with Crippen LogP contribution in [0.25, 0.3) is 22.0 Å². The van der Waals surface area contributed by atoms with Crippen LogP contribution in [0.4, 0.5) is 13.2 Å². The average molecular weight is 304 g/mol. The van der Waals surface area contributed by atoms with E-state index in [1.165, 1.54) is 18.2 Å². The van der Waals surface area contributed by atoms with Gasteiger partial charge in [-0.25, -0.2) is 13.2 Å². The molecule has 0 fully saturated rings. The second-order valence-corrected chi connectivity index (χ2v) is 5.70. The van der Waals surface area contributed by atoms with Crippen LogP contribution < -0.4 is 0 Å². The highest BCUT2D eigenvalue weighted by atomic mass is 19.1. The Hall–Kier alpha value is -2.30. The zero-order valence-electron chi connectivity index (χ0n) is 12.5. The highest BCUT2D eigenvalue weighted by Crippen LogP contribution is 2.31. The molecule has 2 aromatic carbocycles. The third kappa shape index (κ3) is 2.36. The van der Waals surface area contributed by atoms with Gasteiger partial charge >= 0.3 is 0 Å². The summed E-state index contributed by atoms with van der Waals surface area (Å²) in [5.74, 6) is -2.15. The summed E-state index contributed by atoms with van der Waals surface area (Å²) in [5.41, 5.74) is 0.867. The summed E-state index contributed by atoms with van der Waals surface area (Å²) in [5, 5.41) is 4.83. The van der Waals surface area contributed by atoms with Gasteiger partial charge < -0.3 is 0 Å². The van der Waals surface area contributed by atoms with Crippen molar-refractivity contribution < 1.29 is 13.2 Å². The lowest BCUT2D eigenvalue weighted by molar-refractivity contribution is 0.542. The van der Waals surface area contributed by atoms with E-state index in [1.807, 2.05) is 0 Å². The Bertz CT molecular complexity index is 843. The quantitative estimate of drug-likeness (QED) is 0.666. The molecule has 0 radical (unpaired) electrons. The Morgan fingerprint density at radius 3 is 2.18 bits per heavy atom. The zero-order valence-corrected chi connectivity index (χ0v) is 12.5. The van der Waals surface area contributed by atoms with Crippen molar-refractivity contribution >= 4 is 10.9 Å². The van der Waals surface area contributed by atoms with Gasteiger partial charge in [0.15, 0.2) is 0 Å². The first-order valence-corrected chi connectivity index (χ1v) is 6.99. The van der Waals surface area contributed by atoms with Crippen molar-refractivity contribution in [1.29, 1.82) is 0 Å². The van der Waals surface area contributed by atoms with Crippen LogP contribution in [0.1, 0.15) is 25.3 Å². The average Bonchev–Trinajstić information content (AvgIpc) is 2.75. The number of fused-ring (bicyclic) bond motifs is 1. The Labute approximate surface area is 126 Å². The minimum absolute atomic E-state index is 0.0200. The second kappa shape index (κ2) is 5.16. The van der Waals surface area contributed by atoms with Crippen LogP contribution in [-0.4, -0.2) is 9.78 Å². The monoisotopic (exact) mass is 304 g/mol. The predicted molar refractivity (Wildman–Crippen MR) is 80.1 cm³/mol. The topological polar surface area (TPSA) is 17.8 Å². The van der Waals surface area contributed by atoms with Crippen molar-refractivity contribution in [2.24, 2.45) is 7.05 Å². The lowest BCUT2D eigenvalue weighted by Crippen LogP contribution is -1.99. The van der Waals surface area contributed by atoms with Crippen molar-refractivity contribution in [2.45, 2.75) is 19.8 Å². The Morgan fingerprint density at radius 1 is 0.955 bits per heavy atom. The summed E-state index contributed by atoms with van der Waals surface area (Å²) >= 11 is 0. The molecule has 0 aliphatic rings. The fourth-order valence-electron chi connectivity index (χ4n) is 2.68. The fourth-order valence-corrected chi connectivity index (χ4v) is 2.68. The number of benzene rings is 2. The lowest BCUT2D eigenvalue weighted by Gasteiger charge is -2.11. The predicted octanol–water partition coefficient (Wildman–Crippen LogP) is 4.78. The van der Waals surface area contributed by atoms with Gasteiger partial charge in [-0.1, -0.05) is 13.8 Å². The van der Waals surface area contributed by atoms with Crippen molar-refractivity contribution in [3.63, 3.8) is 0 Å². The molecule has 1 heterocycles. The molecule has 2 nitrogen and oxygen atoms in total. The maximum Gasteiger partial charge on any atom is 0.133 e. The smallest absolute Gasteiger partial charge is 0.133 e. The van der Waals surface area contributed by atoms with E-state index in [4.69, 9.17) is 0 Å². The van der Waals surface area contributed by atoms with Crippen LogP contribution in [0, 0.1) is 17.5 Å². The van der Waals surface area contributed by atoms with Crippen LogP contribution in [0.2, 0.25) is 0 Å². The Balaban J connectivity index is 2.20. The maximum atomic E-state index is 14.2. The molecule has 0 N–H and O–H groups in total. The maximum absolute atomic E-state index is 14.2. The van der Waals surface area contributed by atoms with Crippen molar-refractivity contribution in [3.05, 3.63) is 53.5 Å². The number of nitrogens with zero attached hydrogens (tertiary/aromatic N) is 2. The summed E-state index contributed by atoms with van der Waals surface area (Å²) < 4.78 is 44.0. The third-order valence-corrected chi connectivity index (χ3v) is 3.68. The summed E-state index contributed by atoms with van der Waals surface area (Å²) in [6.07, 6.45) is 1.73. The van der Waals surface area contributed by atoms with Gasteiger partial charge in [-0.2, -0.15) is 5.10 Å². The molecule has 3 aromatic rings. The largest absolute Gasteiger partial charge is 0.275 e. The van der Waals surface area contributed by atoms with Crippen LogP contribution in [0.15, 0.2) is 30.5 Å². The molecule has 0 amide bonds. The van der Waals surface area contributed by atoms with E-state index < -0.39 is 17.5 Å². The summed E-state index contributed by atoms with van der Waals surface area (Å²) in [6, 6.07) is 5.19. The molecule has 22 heavy (non-hydrogen) atoms. The minimum atomic E-state index is -0.657. The van der Waals surface area contributed by atoms with Crippen LogP contribution >= 0.6 is 0 Å². The Morgan fingerprint density at radius 2 is 1.59 bits per heavy atom. The molecule has 1 aromatic heterocycles. The molecule has 0 saturated heterocycles. The molecular formula is C17H15F3N2. The van der Waals surface area contributed by atoms with E-state index in [-0.39, 0.29) is 22.6 Å². The number of hydrogen-bond acceptors (Lipinski definition) is 1. The SMILES string of the molecule is CC(C)c1c(F)cc(-c2cc3cn(C)nc3cc2F)cc1F. The molecule has 0 aliphatic carbocycles. The number of aryl methyl sites for hydroxylation is 1. The van der Waals surface area contributed by atoms with E-state index >= 15 is 0 Å². The van der Waals surface area contributed by atoms with E-state index in [9.17, 15) is 13.2 Å². The molecular weight excluding hydrogens is 289 g/mol. The first kappa shape index (κ1) is 14.6. The van der Waals surface area contributed by atoms with Crippen molar-refractivity contribution in [1.82, 2.24) is 9.78 Å². The van der Waals surface area contributed by atoms with Gasteiger partial charge in [0.05, 0.1) is 5.52 Å². The van der Waals surface area contributed by atoms with Crippen LogP contribution in [-0.2, 0) is 7.05 Å². The minimum Gasteiger partial charge on any atom is -0.275 e. The summed E-state index contributed by atoms with van der Waals surface area (Å²) in [4.78, 5) is 0. The van der Waals surface area contributed by atoms with Gasteiger partial charge in [0.2, 0.25) is 0 Å². The first-order chi connectivity index (χ1) is 10.4. The highest BCUT2D eigenvalue weighted by molar-refractivity contribution is 5.84. The van der Waals surface area contributed by atoms with Crippen molar-refractivity contribution in [3.8, 4) is 11.1 Å². The molecule has 0 unspecified atom stereocenters. The number of hydrogen-bond donors (Lipinski definition) is 0. The molecule has 0 spiro atoms. The number of aromatic nitrogens is 2. The van der Waals surface area contributed by atoms with Crippen molar-refractivity contribution in [2.75, 3.05) is 0 Å². The molecule has 5 heteroatoms. The van der Waals surface area contributed by atoms with Gasteiger partial charge in [-0.05, 0) is 29.7 Å². The summed E-state index contributed by atoms with van der Waals surface area (Å²) in [7, 11) is 1.73. The first-order valence-electron chi connectivity index (χ1n) is 6.99. The molecule has 0 saturated carbocycles. The molecule has 3 rings (SSSR count). The highest BCUT2D eigenvalue weighted by Gasteiger charge is 2.17. The Kier molecular flexibility index (Phi) is 3.43. The second-order valence-electron chi connectivity index (χ2n) is 5.70. The van der Waals surface area contributed by atoms with E-state index in [0.29, 0.717) is 10.9 Å². The molecule has 114 valence electrons. The van der Waals surface area contributed by atoms with Crippen LogP contribution in [0.5, 0.6) is 0 Å². The third-order valence-electron chi connectivity index (χ3n) is 3.68. The number of rotatable bonds is 2. The normalized spacial score (nSPS) is 11.6. The lowest BCUT2D eigenvalue weighted by atomic mass is 9.96. The summed E-state index contributed by atoms with van der Waals surface area (Å²) in [6.45, 7) is 3.42. The standard InChI is InChI=1S/C17H15F3N2/c1-9(2)17-14(19)5-10(6-15(17)20)12-4-11-8-22(3)21-16(11)7-13(12)18/h4-9H,1-3H3. The van der Waals surface area contributed by atoms with E-state index in [1.54, 1.807) is 37.8 Å². The van der Waals surface area contributed by atoms with E-state index in [0.717, 1.165) is 0 Å². The van der Waals surface area contributed by atoms with E-state index in [2.05, 4.69) is 5.10 Å². The fraction of sp³-hybridized carbons (Fsp3) is 0.235. The molecule has 0 aliphatic heterocycles. The molecule has 0 atom stereocenters. The van der Waals surface area contributed by atoms with Gasteiger partial charge in [0, 0.05) is 35.8 Å². The van der Waals surface area contributed by atoms with Crippen LogP contribution in [0.3, 0.4) is 0 Å². The molecule has 0 bridgehead atoms. The number of halogens is 3. The van der Waals surface area contributed by atoms with Gasteiger partial charge in [-0.3, -0.25) is 4.68 Å². The van der Waals surface area contributed by atoms with Gasteiger partial charge in [0.1, 0.15) is 17.5 Å². The zero-order chi connectivity index (χ0) is 16.0. The van der Waals surface area contributed by atoms with Gasteiger partial charge in [-0.15, -0.1) is 0 Å². The van der Waals surface area contributed by atoms with Gasteiger partial charge in [0.25, 0.3) is 0 Å².